The Morgan fingerprint density at radius 1 is 0.524 bits per heavy atom. The van der Waals surface area contributed by atoms with Crippen LogP contribution in [0.5, 0.6) is 11.5 Å². The van der Waals surface area contributed by atoms with Gasteiger partial charge in [-0.25, -0.2) is 38.3 Å². The third kappa shape index (κ3) is 6.49. The number of aliphatic carboxylic acids is 1. The summed E-state index contributed by atoms with van der Waals surface area (Å²) in [5.74, 6) is -0.181. The number of phenols is 2. The number of nitrogens with zero attached hydrogens (tertiary/aromatic N) is 8. The van der Waals surface area contributed by atoms with Gasteiger partial charge in [0.25, 0.3) is 10.0 Å². The number of carboxylic acids is 1. The van der Waals surface area contributed by atoms with Gasteiger partial charge in [-0.05, 0) is 54.6 Å². The average Bonchev–Trinajstić information content (AvgIpc) is 3.98. The summed E-state index contributed by atoms with van der Waals surface area (Å²) in [5, 5.41) is 32.5. The Kier molecular flexibility index (Phi) is 9.25. The fourth-order valence-electron chi connectivity index (χ4n) is 8.03. The van der Waals surface area contributed by atoms with E-state index in [0.29, 0.717) is 55.4 Å². The summed E-state index contributed by atoms with van der Waals surface area (Å²) in [6.45, 7) is -0.472. The molecule has 0 spiro atoms. The summed E-state index contributed by atoms with van der Waals surface area (Å²) in [7, 11) is -4.37. The predicted molar refractivity (Wildman–Crippen MR) is 233 cm³/mol. The molecule has 9 aromatic rings. The second kappa shape index (κ2) is 14.9. The Morgan fingerprint density at radius 2 is 0.968 bits per heavy atom. The normalized spacial score (nSPS) is 11.8. The summed E-state index contributed by atoms with van der Waals surface area (Å²) >= 11 is 0. The van der Waals surface area contributed by atoms with Gasteiger partial charge in [0.15, 0.2) is 28.9 Å². The number of nitrogens with one attached hydrogen (secondary N) is 1. The van der Waals surface area contributed by atoms with Crippen molar-refractivity contribution in [3.8, 4) is 62.7 Å². The van der Waals surface area contributed by atoms with Gasteiger partial charge in [-0.1, -0.05) is 84.9 Å². The number of hydrogen-bond acceptors (Lipinski definition) is 11. The molecule has 3 aromatic heterocycles. The van der Waals surface area contributed by atoms with Gasteiger partial charge in [0.1, 0.15) is 35.0 Å². The van der Waals surface area contributed by atoms with Crippen LogP contribution in [0.4, 0.5) is 5.69 Å². The Morgan fingerprint density at radius 3 is 1.48 bits per heavy atom. The van der Waals surface area contributed by atoms with E-state index < -0.39 is 22.5 Å². The molecule has 2 aliphatic heterocycles. The monoisotopic (exact) mass is 894 g/mol. The fraction of sp³-hybridized carbons (Fsp3) is 0.0217. The van der Waals surface area contributed by atoms with Crippen LogP contribution in [-0.4, -0.2) is 68.7 Å². The topological polar surface area (TPSA) is 211 Å². The molecule has 0 aliphatic carbocycles. The number of carboxylic acid groups (broad SMARTS) is 1. The molecule has 0 fully saturated rings. The van der Waals surface area contributed by atoms with Gasteiger partial charge in [0, 0.05) is 72.0 Å². The van der Waals surface area contributed by atoms with Crippen LogP contribution in [0, 0.1) is 0 Å². The summed E-state index contributed by atoms with van der Waals surface area (Å²) in [6, 6.07) is 38.9. The summed E-state index contributed by atoms with van der Waals surface area (Å²) in [4.78, 5) is 43.0. The molecule has 0 saturated carbocycles. The van der Waals surface area contributed by atoms with Crippen molar-refractivity contribution in [1.82, 2.24) is 39.0 Å². The molecule has 8 bridgehead atoms. The molecular formula is C46H29CoN9O6S. The van der Waals surface area contributed by atoms with Crippen LogP contribution in [-0.2, 0) is 38.1 Å². The molecule has 0 atom stereocenters. The van der Waals surface area contributed by atoms with Crippen LogP contribution in [0.2, 0.25) is 0 Å². The molecule has 2 aliphatic rings. The maximum absolute atomic E-state index is 14.6. The number of hydrogen-bond donors (Lipinski definition) is 4. The van der Waals surface area contributed by atoms with Crippen LogP contribution < -0.4 is 4.72 Å². The molecule has 5 heterocycles. The van der Waals surface area contributed by atoms with Gasteiger partial charge >= 0.3 is 5.97 Å². The third-order valence-electron chi connectivity index (χ3n) is 10.7. The molecule has 11 rings (SSSR count). The predicted octanol–water partition coefficient (Wildman–Crippen LogP) is 8.10. The van der Waals surface area contributed by atoms with Gasteiger partial charge in [0.2, 0.25) is 0 Å². The molecule has 17 heteroatoms. The fourth-order valence-corrected chi connectivity index (χ4v) is 9.31. The first-order chi connectivity index (χ1) is 30.1. The van der Waals surface area contributed by atoms with Crippen molar-refractivity contribution < 1.29 is 45.3 Å². The molecule has 0 amide bonds. The van der Waals surface area contributed by atoms with Gasteiger partial charge < -0.3 is 15.3 Å². The van der Waals surface area contributed by atoms with E-state index in [2.05, 4.69) is 4.72 Å². The second-order valence-corrected chi connectivity index (χ2v) is 16.2. The Bertz CT molecular complexity index is 3670. The van der Waals surface area contributed by atoms with Crippen LogP contribution in [0.1, 0.15) is 0 Å². The molecule has 1 radical (unpaired) electrons. The van der Waals surface area contributed by atoms with E-state index in [1.165, 1.54) is 47.0 Å². The molecule has 15 nitrogen and oxygen atoms in total. The zero-order valence-corrected chi connectivity index (χ0v) is 34.2. The number of fused-ring (bicyclic) bond motifs is 20. The number of aromatic hydroxyl groups is 2. The molecule has 63 heavy (non-hydrogen) atoms. The summed E-state index contributed by atoms with van der Waals surface area (Å²) in [5.41, 5.74) is 4.17. The number of phenolic OH excluding ortho intramolecular Hbond substituents is 2. The van der Waals surface area contributed by atoms with Crippen LogP contribution >= 0.6 is 0 Å². The van der Waals surface area contributed by atoms with E-state index >= 15 is 0 Å². The number of sulfonamides is 1. The number of anilines is 1. The molecular weight excluding hydrogens is 866 g/mol. The van der Waals surface area contributed by atoms with Gasteiger partial charge in [-0.3, -0.25) is 18.7 Å². The SMILES string of the molecule is O=C(O)Cn1c2nc3nc(nc4c5cccc(S(=O)(=O)Nc6ccc(O)cc6)c5c(nc5nc(nc1c1ccccc12)-c1ccccc1-5)n4-c1ccc(O)cc1)-c1ccccc1-3.[Co]. The minimum absolute atomic E-state index is 0. The van der Waals surface area contributed by atoms with Crippen LogP contribution in [0.15, 0.2) is 144 Å². The standard InChI is InChI=1S/C46H29N9O6S.Co/c56-27-20-16-25(17-21-27)53-62(60,61)36-15-7-14-35-38(36)46-52-42-32-11-4-2-9-30(32)40(48-42)50-44-34-13-6-5-12-33(34)43(54(44)24-37(58)59)49-39-29-8-1-3-10-31(29)41(47-39)51-45(35)55(46)26-18-22-28(57)23-19-26;/h1-23,53,56-57H,24H2,(H,58,59);. The Labute approximate surface area is 367 Å². The van der Waals surface area contributed by atoms with Crippen molar-refractivity contribution in [3.05, 3.63) is 140 Å². The first kappa shape index (κ1) is 39.2. The van der Waals surface area contributed by atoms with Crippen molar-refractivity contribution in [2.24, 2.45) is 0 Å². The van der Waals surface area contributed by atoms with Crippen molar-refractivity contribution in [2.45, 2.75) is 11.4 Å². The van der Waals surface area contributed by atoms with Crippen molar-refractivity contribution >= 4 is 65.8 Å². The molecule has 4 N–H and O–H groups in total. The van der Waals surface area contributed by atoms with Gasteiger partial charge in [-0.2, -0.15) is 0 Å². The zero-order valence-electron chi connectivity index (χ0n) is 32.4. The van der Waals surface area contributed by atoms with E-state index in [1.807, 2.05) is 72.8 Å². The smallest absolute Gasteiger partial charge is 0.323 e. The third-order valence-corrected chi connectivity index (χ3v) is 12.2. The minimum Gasteiger partial charge on any atom is -0.508 e. The number of carbonyl (C=O) groups is 1. The van der Waals surface area contributed by atoms with E-state index in [4.69, 9.17) is 29.9 Å². The van der Waals surface area contributed by atoms with Crippen molar-refractivity contribution in [1.29, 1.82) is 0 Å². The van der Waals surface area contributed by atoms with Crippen LogP contribution in [0.3, 0.4) is 0 Å². The molecule has 6 aromatic carbocycles. The molecule has 0 saturated heterocycles. The average molecular weight is 895 g/mol. The number of aromatic nitrogens is 8. The zero-order chi connectivity index (χ0) is 42.3. The largest absolute Gasteiger partial charge is 0.508 e. The summed E-state index contributed by atoms with van der Waals surface area (Å²) in [6.07, 6.45) is 0. The minimum atomic E-state index is -4.37. The first-order valence-corrected chi connectivity index (χ1v) is 20.7. The Hall–Kier alpha value is -7.99. The number of rotatable bonds is 6. The van der Waals surface area contributed by atoms with Crippen molar-refractivity contribution in [2.75, 3.05) is 4.72 Å². The van der Waals surface area contributed by atoms with E-state index in [9.17, 15) is 28.5 Å². The Balaban J connectivity index is 0.00000471. The second-order valence-electron chi connectivity index (χ2n) is 14.6. The van der Waals surface area contributed by atoms with E-state index in [0.717, 1.165) is 0 Å². The molecule has 309 valence electrons. The van der Waals surface area contributed by atoms with E-state index in [1.54, 1.807) is 28.8 Å². The summed E-state index contributed by atoms with van der Waals surface area (Å²) < 4.78 is 35.0. The van der Waals surface area contributed by atoms with Gasteiger partial charge in [0.05, 0.1) is 4.90 Å². The van der Waals surface area contributed by atoms with E-state index in [-0.39, 0.29) is 78.8 Å². The van der Waals surface area contributed by atoms with Gasteiger partial charge in [-0.15, -0.1) is 0 Å². The first-order valence-electron chi connectivity index (χ1n) is 19.2. The van der Waals surface area contributed by atoms with Crippen molar-refractivity contribution in [3.63, 3.8) is 0 Å². The maximum atomic E-state index is 14.6. The van der Waals surface area contributed by atoms with Crippen LogP contribution in [0.25, 0.3) is 95.4 Å². The quantitative estimate of drug-likeness (QED) is 0.117. The number of benzene rings is 6. The molecule has 0 unspecified atom stereocenters. The maximum Gasteiger partial charge on any atom is 0.323 e.